The minimum atomic E-state index is -2.67. The van der Waals surface area contributed by atoms with Gasteiger partial charge in [-0.15, -0.1) is 0 Å². The second-order valence-corrected chi connectivity index (χ2v) is 15.3. The first-order chi connectivity index (χ1) is 18.5. The smallest absolute Gasteiger partial charge is 0.243 e. The fraction of sp³-hybridized carbons (Fsp3) is 0.517. The number of nitrogens with two attached hydrogens (primary N) is 1. The summed E-state index contributed by atoms with van der Waals surface area (Å²) in [6.07, 6.45) is 3.54. The first kappa shape index (κ1) is 30.0. The summed E-state index contributed by atoms with van der Waals surface area (Å²) in [6, 6.07) is 13.6. The van der Waals surface area contributed by atoms with Crippen LogP contribution in [0.5, 0.6) is 0 Å². The Hall–Kier alpha value is -1.97. The van der Waals surface area contributed by atoms with Crippen molar-refractivity contribution in [1.82, 2.24) is 15.1 Å². The maximum atomic E-state index is 14.0. The molecule has 0 aliphatic carbocycles. The Balaban J connectivity index is 1.55. The molecule has 2 fully saturated rings. The lowest BCUT2D eigenvalue weighted by atomic mass is 10.00. The number of benzene rings is 2. The maximum absolute atomic E-state index is 14.0. The Morgan fingerprint density at radius 3 is 2.54 bits per heavy atom. The number of fused-ring (bicyclic) bond motifs is 1. The molecule has 3 N–H and O–H groups in total. The number of halogens is 2. The van der Waals surface area contributed by atoms with Crippen LogP contribution in [-0.4, -0.2) is 75.1 Å². The van der Waals surface area contributed by atoms with Crippen LogP contribution >= 0.6 is 23.2 Å². The van der Waals surface area contributed by atoms with E-state index < -0.39 is 22.0 Å². The van der Waals surface area contributed by atoms with Crippen molar-refractivity contribution >= 4 is 44.9 Å². The van der Waals surface area contributed by atoms with E-state index in [0.29, 0.717) is 48.2 Å². The average Bonchev–Trinajstić information content (AvgIpc) is 3.24. The van der Waals surface area contributed by atoms with Gasteiger partial charge in [0.05, 0.1) is 16.1 Å². The molecular weight excluding hydrogens is 555 g/mol. The molecule has 0 radical (unpaired) electrons. The highest BCUT2D eigenvalue weighted by Gasteiger charge is 2.46. The Labute approximate surface area is 242 Å². The van der Waals surface area contributed by atoms with Gasteiger partial charge in [-0.25, -0.2) is 0 Å². The molecule has 2 heterocycles. The van der Waals surface area contributed by atoms with E-state index in [9.17, 15) is 13.8 Å². The molecule has 2 aromatic rings. The number of carbonyl (C=O) groups is 2. The third kappa shape index (κ3) is 7.22. The maximum Gasteiger partial charge on any atom is 0.243 e. The molecule has 39 heavy (non-hydrogen) atoms. The normalized spacial score (nSPS) is 23.4. The van der Waals surface area contributed by atoms with Gasteiger partial charge in [-0.3, -0.25) is 18.7 Å². The van der Waals surface area contributed by atoms with Crippen LogP contribution in [0.2, 0.25) is 10.0 Å². The monoisotopic (exact) mass is 594 g/mol. The van der Waals surface area contributed by atoms with Crippen molar-refractivity contribution in [2.45, 2.75) is 68.7 Å². The number of rotatable bonds is 9. The number of hydrogen-bond acceptors (Lipinski definition) is 5. The molecule has 1 unspecified atom stereocenters. The van der Waals surface area contributed by atoms with Gasteiger partial charge >= 0.3 is 0 Å². The molecule has 0 spiro atoms. The van der Waals surface area contributed by atoms with E-state index in [1.165, 1.54) is 0 Å². The second-order valence-electron chi connectivity index (χ2n) is 11.4. The van der Waals surface area contributed by atoms with Crippen LogP contribution in [-0.2, 0) is 26.1 Å². The molecule has 7 nitrogen and oxygen atoms in total. The van der Waals surface area contributed by atoms with E-state index in [4.69, 9.17) is 28.9 Å². The number of nitrogens with one attached hydrogen (secondary N) is 1. The Morgan fingerprint density at radius 2 is 1.87 bits per heavy atom. The third-order valence-corrected chi connectivity index (χ3v) is 11.0. The van der Waals surface area contributed by atoms with Crippen LogP contribution in [0.25, 0.3) is 0 Å². The second kappa shape index (κ2) is 12.7. The molecule has 4 rings (SSSR count). The van der Waals surface area contributed by atoms with Gasteiger partial charge < -0.3 is 16.0 Å². The molecule has 0 bridgehead atoms. The topological polar surface area (TPSA) is 95.7 Å². The molecule has 2 aliphatic heterocycles. The molecule has 2 amide bonds. The van der Waals surface area contributed by atoms with Gasteiger partial charge in [-0.2, -0.15) is 0 Å². The van der Waals surface area contributed by atoms with E-state index in [1.807, 2.05) is 42.7 Å². The van der Waals surface area contributed by atoms with Crippen LogP contribution in [0.1, 0.15) is 38.7 Å². The minimum Gasteiger partial charge on any atom is -0.350 e. The van der Waals surface area contributed by atoms with Gasteiger partial charge in [0.2, 0.25) is 11.8 Å². The highest BCUT2D eigenvalue weighted by Crippen LogP contribution is 2.31. The zero-order chi connectivity index (χ0) is 28.3. The molecule has 0 saturated carbocycles. The summed E-state index contributed by atoms with van der Waals surface area (Å²) < 4.78 is 13.8. The lowest BCUT2D eigenvalue weighted by molar-refractivity contribution is -0.143. The van der Waals surface area contributed by atoms with E-state index >= 15 is 0 Å². The summed E-state index contributed by atoms with van der Waals surface area (Å²) >= 11 is 12.2. The minimum absolute atomic E-state index is 0.0625. The van der Waals surface area contributed by atoms with Crippen molar-refractivity contribution < 1.29 is 13.8 Å². The van der Waals surface area contributed by atoms with Crippen molar-refractivity contribution in [3.05, 3.63) is 64.1 Å². The van der Waals surface area contributed by atoms with E-state index in [-0.39, 0.29) is 36.4 Å². The van der Waals surface area contributed by atoms with Gasteiger partial charge in [0.15, 0.2) is 0 Å². The summed E-state index contributed by atoms with van der Waals surface area (Å²) in [4.78, 5) is 32.3. The predicted molar refractivity (Wildman–Crippen MR) is 160 cm³/mol. The molecule has 214 valence electrons. The zero-order valence-corrected chi connectivity index (χ0v) is 25.3. The molecule has 0 aromatic heterocycles. The third-order valence-electron chi connectivity index (χ3n) is 7.80. The highest BCUT2D eigenvalue weighted by atomic mass is 35.5. The predicted octanol–water partition coefficient (Wildman–Crippen LogP) is 3.73. The van der Waals surface area contributed by atoms with Crippen LogP contribution in [0.4, 0.5) is 0 Å². The number of nitrogens with zero attached hydrogens (tertiary/aromatic N) is 2. The number of amides is 2. The van der Waals surface area contributed by atoms with Crippen LogP contribution in [0, 0.1) is 5.92 Å². The summed E-state index contributed by atoms with van der Waals surface area (Å²) in [5.74, 6) is 0.417. The van der Waals surface area contributed by atoms with Gasteiger partial charge in [0.1, 0.15) is 6.04 Å². The van der Waals surface area contributed by atoms with Crippen molar-refractivity contribution in [3.63, 3.8) is 0 Å². The van der Waals surface area contributed by atoms with Gasteiger partial charge in [0.25, 0.3) is 0 Å². The summed E-state index contributed by atoms with van der Waals surface area (Å²) in [5.41, 5.74) is 7.19. The summed E-state index contributed by atoms with van der Waals surface area (Å²) in [5, 5.41) is 3.90. The van der Waals surface area contributed by atoms with Crippen molar-refractivity contribution in [3.8, 4) is 0 Å². The number of thiol groups is 1. The first-order valence-corrected chi connectivity index (χ1v) is 16.7. The fourth-order valence-electron chi connectivity index (χ4n) is 5.83. The first-order valence-electron chi connectivity index (χ1n) is 13.6. The lowest BCUT2D eigenvalue weighted by Gasteiger charge is -2.34. The highest BCUT2D eigenvalue weighted by molar-refractivity contribution is 8.02. The summed E-state index contributed by atoms with van der Waals surface area (Å²) in [6.45, 7) is 5.40. The molecule has 4 atom stereocenters. The molecule has 2 saturated heterocycles. The quantitative estimate of drug-likeness (QED) is 0.384. The van der Waals surface area contributed by atoms with Crippen molar-refractivity contribution in [2.75, 3.05) is 25.1 Å². The number of hydrogen-bond donors (Lipinski definition) is 3. The van der Waals surface area contributed by atoms with Crippen LogP contribution in [0.15, 0.2) is 53.4 Å². The molecule has 2 aliphatic rings. The van der Waals surface area contributed by atoms with Gasteiger partial charge in [0, 0.05) is 42.4 Å². The van der Waals surface area contributed by atoms with E-state index in [2.05, 4.69) is 24.1 Å². The van der Waals surface area contributed by atoms with Crippen LogP contribution in [0.3, 0.4) is 0 Å². The molecule has 10 heteroatoms. The SMILES string of the molecule is CC(C)C[C@H](C(=O)NCc1ccc(Cl)c(Cl)c1)N1CCC(C[SH](C)(=O)c2ccccc2)N2C[C@H](N)C[C@H]2C1=O. The standard InChI is InChI=1S/C29H40Cl2N4O3S/c1-19(2)13-26(28(36)33-16-20-9-10-24(30)25(31)14-20)34-12-11-22(35-17-21(32)15-27(35)29(34)37)18-39(3,38)23-7-5-4-6-8-23/h4-10,14,19,21-22,26-27,39H,11-13,15-18,32H2,1-3H3,(H,33,36)/t21-,22?,26-,27+/m1/s1. The zero-order valence-electron chi connectivity index (χ0n) is 22.9. The molecule has 2 aromatic carbocycles. The van der Waals surface area contributed by atoms with Gasteiger partial charge in [-0.05, 0) is 61.3 Å². The van der Waals surface area contributed by atoms with Crippen molar-refractivity contribution in [2.24, 2.45) is 11.7 Å². The molecular formula is C29H40Cl2N4O3S. The van der Waals surface area contributed by atoms with E-state index in [0.717, 1.165) is 10.5 Å². The lowest BCUT2D eigenvalue weighted by Crippen LogP contribution is -2.53. The largest absolute Gasteiger partial charge is 0.350 e. The average molecular weight is 596 g/mol. The Morgan fingerprint density at radius 1 is 1.15 bits per heavy atom. The Kier molecular flexibility index (Phi) is 9.76. The van der Waals surface area contributed by atoms with Gasteiger partial charge in [-0.1, -0.05) is 71.2 Å². The number of carbonyl (C=O) groups excluding carboxylic acids is 2. The van der Waals surface area contributed by atoms with Crippen LogP contribution < -0.4 is 11.1 Å². The van der Waals surface area contributed by atoms with Crippen molar-refractivity contribution in [1.29, 1.82) is 0 Å². The van der Waals surface area contributed by atoms with E-state index in [1.54, 1.807) is 17.0 Å². The fourth-order valence-corrected chi connectivity index (χ4v) is 8.36. The Bertz CT molecular complexity index is 1230. The summed E-state index contributed by atoms with van der Waals surface area (Å²) in [7, 11) is -2.67.